The number of aromatic nitrogens is 2. The normalized spacial score (nSPS) is 16.5. The largest absolute Gasteiger partial charge is 0.342 e. The monoisotopic (exact) mass is 368 g/mol. The van der Waals surface area contributed by atoms with E-state index < -0.39 is 0 Å². The van der Waals surface area contributed by atoms with Crippen molar-refractivity contribution >= 4 is 22.8 Å². The zero-order valence-corrected chi connectivity index (χ0v) is 15.8. The molecule has 136 valence electrons. The predicted molar refractivity (Wildman–Crippen MR) is 106 cm³/mol. The van der Waals surface area contributed by atoms with Crippen molar-refractivity contribution in [2.45, 2.75) is 61.2 Å². The SMILES string of the molecule is Fc1c(Sc2ccccc2)ccc2[nH]c(CC3CCCCCCC3)nc12. The second-order valence-electron chi connectivity index (χ2n) is 7.29. The van der Waals surface area contributed by atoms with Crippen molar-refractivity contribution in [3.8, 4) is 0 Å². The van der Waals surface area contributed by atoms with Crippen LogP contribution in [0.4, 0.5) is 4.39 Å². The molecule has 0 radical (unpaired) electrons. The molecule has 0 saturated heterocycles. The number of rotatable bonds is 4. The first-order valence-electron chi connectivity index (χ1n) is 9.69. The van der Waals surface area contributed by atoms with Gasteiger partial charge in [0.2, 0.25) is 0 Å². The average molecular weight is 369 g/mol. The van der Waals surface area contributed by atoms with Gasteiger partial charge in [-0.3, -0.25) is 0 Å². The van der Waals surface area contributed by atoms with Gasteiger partial charge >= 0.3 is 0 Å². The Morgan fingerprint density at radius 1 is 0.962 bits per heavy atom. The van der Waals surface area contributed by atoms with Gasteiger partial charge in [-0.1, -0.05) is 74.9 Å². The molecular weight excluding hydrogens is 343 g/mol. The molecular formula is C22H25FN2S. The van der Waals surface area contributed by atoms with Gasteiger partial charge in [0.15, 0.2) is 5.82 Å². The fraction of sp³-hybridized carbons (Fsp3) is 0.409. The molecule has 1 aliphatic rings. The van der Waals surface area contributed by atoms with E-state index in [0.29, 0.717) is 16.3 Å². The molecule has 0 aliphatic heterocycles. The molecule has 0 bridgehead atoms. The second kappa shape index (κ2) is 8.26. The molecule has 0 spiro atoms. The van der Waals surface area contributed by atoms with Crippen molar-refractivity contribution in [3.63, 3.8) is 0 Å². The fourth-order valence-electron chi connectivity index (χ4n) is 3.88. The van der Waals surface area contributed by atoms with Crippen LogP contribution in [0.25, 0.3) is 11.0 Å². The Morgan fingerprint density at radius 3 is 2.46 bits per heavy atom. The zero-order chi connectivity index (χ0) is 17.8. The third kappa shape index (κ3) is 4.12. The molecule has 4 heteroatoms. The molecule has 3 aromatic rings. The van der Waals surface area contributed by atoms with Crippen molar-refractivity contribution in [2.75, 3.05) is 0 Å². The lowest BCUT2D eigenvalue weighted by atomic mass is 9.89. The summed E-state index contributed by atoms with van der Waals surface area (Å²) in [7, 11) is 0. The number of hydrogen-bond acceptors (Lipinski definition) is 2. The Morgan fingerprint density at radius 2 is 1.69 bits per heavy atom. The maximum atomic E-state index is 15.0. The van der Waals surface area contributed by atoms with Crippen LogP contribution in [0.2, 0.25) is 0 Å². The number of fused-ring (bicyclic) bond motifs is 1. The van der Waals surface area contributed by atoms with E-state index in [1.807, 2.05) is 42.5 Å². The molecule has 26 heavy (non-hydrogen) atoms. The summed E-state index contributed by atoms with van der Waals surface area (Å²) in [5.41, 5.74) is 1.28. The predicted octanol–water partition coefficient (Wildman–Crippen LogP) is 6.76. The number of nitrogens with one attached hydrogen (secondary N) is 1. The van der Waals surface area contributed by atoms with Gasteiger partial charge in [0.05, 0.1) is 10.4 Å². The van der Waals surface area contributed by atoms with Crippen molar-refractivity contribution in [1.82, 2.24) is 9.97 Å². The third-order valence-corrected chi connectivity index (χ3v) is 6.33. The zero-order valence-electron chi connectivity index (χ0n) is 15.0. The van der Waals surface area contributed by atoms with Crippen LogP contribution in [0.15, 0.2) is 52.3 Å². The first-order chi connectivity index (χ1) is 12.8. The molecule has 4 rings (SSSR count). The summed E-state index contributed by atoms with van der Waals surface area (Å²) >= 11 is 1.45. The standard InChI is InChI=1S/C22H25FN2S/c23-21-19(26-17-11-7-4-8-12-17)14-13-18-22(21)25-20(24-18)15-16-9-5-2-1-3-6-10-16/h4,7-8,11-14,16H,1-3,5-6,9-10,15H2,(H,24,25). The summed E-state index contributed by atoms with van der Waals surface area (Å²) in [6.07, 6.45) is 10.2. The summed E-state index contributed by atoms with van der Waals surface area (Å²) in [6, 6.07) is 13.7. The average Bonchev–Trinajstić information content (AvgIpc) is 3.04. The minimum Gasteiger partial charge on any atom is -0.342 e. The van der Waals surface area contributed by atoms with Crippen LogP contribution in [-0.2, 0) is 6.42 Å². The number of halogens is 1. The van der Waals surface area contributed by atoms with E-state index in [1.165, 1.54) is 56.7 Å². The van der Waals surface area contributed by atoms with Crippen LogP contribution in [-0.4, -0.2) is 9.97 Å². The maximum absolute atomic E-state index is 15.0. The molecule has 1 heterocycles. The van der Waals surface area contributed by atoms with Crippen molar-refractivity contribution in [2.24, 2.45) is 5.92 Å². The van der Waals surface area contributed by atoms with Crippen molar-refractivity contribution in [1.29, 1.82) is 0 Å². The van der Waals surface area contributed by atoms with Gasteiger partial charge < -0.3 is 4.98 Å². The first-order valence-corrected chi connectivity index (χ1v) is 10.5. The van der Waals surface area contributed by atoms with Crippen LogP contribution < -0.4 is 0 Å². The minimum absolute atomic E-state index is 0.212. The molecule has 1 saturated carbocycles. The highest BCUT2D eigenvalue weighted by Gasteiger charge is 2.17. The van der Waals surface area contributed by atoms with Gasteiger partial charge in [-0.05, 0) is 30.2 Å². The molecule has 2 aromatic carbocycles. The second-order valence-corrected chi connectivity index (χ2v) is 8.40. The number of aromatic amines is 1. The van der Waals surface area contributed by atoms with Crippen LogP contribution in [0.5, 0.6) is 0 Å². The molecule has 1 aromatic heterocycles. The topological polar surface area (TPSA) is 28.7 Å². The summed E-state index contributed by atoms with van der Waals surface area (Å²) in [4.78, 5) is 9.64. The summed E-state index contributed by atoms with van der Waals surface area (Å²) in [6.45, 7) is 0. The Hall–Kier alpha value is -1.81. The van der Waals surface area contributed by atoms with Gasteiger partial charge in [0, 0.05) is 11.3 Å². The van der Waals surface area contributed by atoms with E-state index >= 15 is 0 Å². The summed E-state index contributed by atoms with van der Waals surface area (Å²) in [5.74, 6) is 1.40. The van der Waals surface area contributed by atoms with Gasteiger partial charge in [0.25, 0.3) is 0 Å². The van der Waals surface area contributed by atoms with E-state index in [9.17, 15) is 4.39 Å². The lowest BCUT2D eigenvalue weighted by Gasteiger charge is -2.18. The molecule has 0 atom stereocenters. The Balaban J connectivity index is 1.54. The van der Waals surface area contributed by atoms with Crippen LogP contribution >= 0.6 is 11.8 Å². The highest BCUT2D eigenvalue weighted by molar-refractivity contribution is 7.99. The summed E-state index contributed by atoms with van der Waals surface area (Å²) < 4.78 is 15.0. The third-order valence-electron chi connectivity index (χ3n) is 5.28. The van der Waals surface area contributed by atoms with Gasteiger partial charge in [-0.15, -0.1) is 0 Å². The van der Waals surface area contributed by atoms with E-state index in [2.05, 4.69) is 9.97 Å². The van der Waals surface area contributed by atoms with Gasteiger partial charge in [-0.2, -0.15) is 0 Å². The van der Waals surface area contributed by atoms with Crippen molar-refractivity contribution < 1.29 is 4.39 Å². The van der Waals surface area contributed by atoms with Gasteiger partial charge in [0.1, 0.15) is 11.3 Å². The van der Waals surface area contributed by atoms with E-state index in [0.717, 1.165) is 22.7 Å². The van der Waals surface area contributed by atoms with Gasteiger partial charge in [-0.25, -0.2) is 9.37 Å². The fourth-order valence-corrected chi connectivity index (χ4v) is 4.75. The van der Waals surface area contributed by atoms with Crippen LogP contribution in [0, 0.1) is 11.7 Å². The number of H-pyrrole nitrogens is 1. The molecule has 0 unspecified atom stereocenters. The van der Waals surface area contributed by atoms with E-state index in [4.69, 9.17) is 0 Å². The minimum atomic E-state index is -0.212. The highest BCUT2D eigenvalue weighted by Crippen LogP contribution is 2.33. The first kappa shape index (κ1) is 17.6. The number of hydrogen-bond donors (Lipinski definition) is 1. The van der Waals surface area contributed by atoms with Crippen LogP contribution in [0.3, 0.4) is 0 Å². The maximum Gasteiger partial charge on any atom is 0.164 e. The number of imidazole rings is 1. The Labute approximate surface area is 158 Å². The smallest absolute Gasteiger partial charge is 0.164 e. The Kier molecular flexibility index (Phi) is 5.59. The molecule has 0 amide bonds. The number of benzene rings is 2. The number of nitrogens with zero attached hydrogens (tertiary/aromatic N) is 1. The molecule has 1 N–H and O–H groups in total. The van der Waals surface area contributed by atoms with Crippen molar-refractivity contribution in [3.05, 3.63) is 54.1 Å². The highest BCUT2D eigenvalue weighted by atomic mass is 32.2. The molecule has 1 fully saturated rings. The lowest BCUT2D eigenvalue weighted by Crippen LogP contribution is -2.08. The Bertz CT molecular complexity index is 851. The van der Waals surface area contributed by atoms with E-state index in [-0.39, 0.29) is 5.82 Å². The molecule has 1 aliphatic carbocycles. The lowest BCUT2D eigenvalue weighted by molar-refractivity contribution is 0.372. The molecule has 2 nitrogen and oxygen atoms in total. The summed E-state index contributed by atoms with van der Waals surface area (Å²) in [5, 5.41) is 0. The van der Waals surface area contributed by atoms with Crippen LogP contribution in [0.1, 0.15) is 50.8 Å². The van der Waals surface area contributed by atoms with E-state index in [1.54, 1.807) is 0 Å². The quantitative estimate of drug-likeness (QED) is 0.551.